The molecule has 0 saturated carbocycles. The molecule has 0 saturated heterocycles. The summed E-state index contributed by atoms with van der Waals surface area (Å²) in [6.07, 6.45) is 8.20. The van der Waals surface area contributed by atoms with Gasteiger partial charge in [-0.25, -0.2) is 13.2 Å². The van der Waals surface area contributed by atoms with Crippen LogP contribution >= 0.6 is 0 Å². The lowest BCUT2D eigenvalue weighted by atomic mass is 9.93. The second-order valence-electron chi connectivity index (χ2n) is 9.55. The van der Waals surface area contributed by atoms with E-state index in [1.807, 2.05) is 43.3 Å². The number of carboxylic acid groups (broad SMARTS) is 1. The van der Waals surface area contributed by atoms with Crippen LogP contribution in [0.5, 0.6) is 11.5 Å². The fourth-order valence-electron chi connectivity index (χ4n) is 4.62. The number of aliphatic imine (C=N–C) groups is 1. The maximum Gasteiger partial charge on any atom is 0.335 e. The molecule has 1 aliphatic heterocycles. The summed E-state index contributed by atoms with van der Waals surface area (Å²) < 4.78 is 39.4. The van der Waals surface area contributed by atoms with Crippen LogP contribution in [0, 0.1) is 5.92 Å². The molecule has 218 valence electrons. The van der Waals surface area contributed by atoms with Crippen LogP contribution in [0.1, 0.15) is 29.3 Å². The predicted octanol–water partition coefficient (Wildman–Crippen LogP) is 6.25. The van der Waals surface area contributed by atoms with Gasteiger partial charge in [-0.05, 0) is 73.0 Å². The van der Waals surface area contributed by atoms with E-state index in [2.05, 4.69) is 21.6 Å². The summed E-state index contributed by atoms with van der Waals surface area (Å²) in [5, 5.41) is 12.5. The van der Waals surface area contributed by atoms with Gasteiger partial charge < -0.3 is 19.9 Å². The van der Waals surface area contributed by atoms with Gasteiger partial charge in [0.1, 0.15) is 0 Å². The van der Waals surface area contributed by atoms with Gasteiger partial charge >= 0.3 is 5.97 Å². The number of hydrogen-bond donors (Lipinski definition) is 3. The number of methoxy groups -OCH3 is 2. The van der Waals surface area contributed by atoms with Crippen molar-refractivity contribution in [3.8, 4) is 11.5 Å². The number of benzene rings is 3. The monoisotopic (exact) mass is 587 g/mol. The first-order valence-electron chi connectivity index (χ1n) is 13.2. The zero-order valence-corrected chi connectivity index (χ0v) is 24.4. The summed E-state index contributed by atoms with van der Waals surface area (Å²) in [7, 11) is -0.723. The van der Waals surface area contributed by atoms with Crippen molar-refractivity contribution in [3.63, 3.8) is 0 Å². The van der Waals surface area contributed by atoms with Crippen molar-refractivity contribution in [1.82, 2.24) is 0 Å². The van der Waals surface area contributed by atoms with Crippen LogP contribution in [0.4, 0.5) is 11.4 Å². The highest BCUT2D eigenvalue weighted by Gasteiger charge is 2.22. The molecule has 0 aromatic heterocycles. The molecular weight excluding hydrogens is 554 g/mol. The van der Waals surface area contributed by atoms with Gasteiger partial charge in [-0.15, -0.1) is 0 Å². The Labute approximate surface area is 246 Å². The Hall–Kier alpha value is -4.83. The fraction of sp³-hybridized carbons (Fsp3) is 0.188. The number of aromatic carboxylic acids is 1. The van der Waals surface area contributed by atoms with Crippen LogP contribution in [0.2, 0.25) is 0 Å². The van der Waals surface area contributed by atoms with Gasteiger partial charge in [-0.3, -0.25) is 9.71 Å². The molecule has 0 bridgehead atoms. The van der Waals surface area contributed by atoms with Crippen LogP contribution in [-0.2, 0) is 10.0 Å². The van der Waals surface area contributed by atoms with Gasteiger partial charge in [-0.2, -0.15) is 0 Å². The lowest BCUT2D eigenvalue weighted by Crippen LogP contribution is -2.30. The number of hydrogen-bond acceptors (Lipinski definition) is 7. The molecule has 3 aromatic carbocycles. The topological polar surface area (TPSA) is 126 Å². The van der Waals surface area contributed by atoms with E-state index in [0.717, 1.165) is 17.0 Å². The van der Waals surface area contributed by atoms with Crippen molar-refractivity contribution >= 4 is 38.7 Å². The maximum atomic E-state index is 13.1. The molecule has 9 nitrogen and oxygen atoms in total. The first-order valence-corrected chi connectivity index (χ1v) is 14.7. The minimum absolute atomic E-state index is 0.0462. The number of nitrogens with zero attached hydrogens (tertiary/aromatic N) is 1. The number of ether oxygens (including phenoxy) is 2. The summed E-state index contributed by atoms with van der Waals surface area (Å²) in [5.41, 5.74) is 3.67. The van der Waals surface area contributed by atoms with Crippen LogP contribution in [0.3, 0.4) is 0 Å². The Bertz CT molecular complexity index is 1660. The molecule has 0 amide bonds. The summed E-state index contributed by atoms with van der Waals surface area (Å²) in [6, 6.07) is 17.7. The highest BCUT2D eigenvalue weighted by molar-refractivity contribution is 7.92. The summed E-state index contributed by atoms with van der Waals surface area (Å²) in [6.45, 7) is 5.99. The van der Waals surface area contributed by atoms with Crippen LogP contribution in [-0.4, -0.2) is 45.5 Å². The van der Waals surface area contributed by atoms with E-state index < -0.39 is 16.0 Å². The number of rotatable bonds is 13. The number of carbonyl (C=O) groups is 1. The third kappa shape index (κ3) is 7.08. The first-order chi connectivity index (χ1) is 20.1. The van der Waals surface area contributed by atoms with Crippen molar-refractivity contribution in [3.05, 3.63) is 109 Å². The van der Waals surface area contributed by atoms with Crippen molar-refractivity contribution < 1.29 is 27.8 Å². The van der Waals surface area contributed by atoms with Gasteiger partial charge in [0.25, 0.3) is 10.0 Å². The number of sulfonamides is 1. The van der Waals surface area contributed by atoms with Crippen LogP contribution < -0.4 is 19.5 Å². The predicted molar refractivity (Wildman–Crippen MR) is 166 cm³/mol. The third-order valence-corrected chi connectivity index (χ3v) is 8.18. The van der Waals surface area contributed by atoms with Gasteiger partial charge in [0, 0.05) is 35.3 Å². The highest BCUT2D eigenvalue weighted by Crippen LogP contribution is 2.31. The Morgan fingerprint density at radius 2 is 1.74 bits per heavy atom. The number of allylic oxidation sites excluding steroid dienone is 4. The normalized spacial score (nSPS) is 15.5. The molecule has 3 N–H and O–H groups in total. The molecule has 3 aromatic rings. The van der Waals surface area contributed by atoms with Gasteiger partial charge in [0.05, 0.1) is 30.7 Å². The summed E-state index contributed by atoms with van der Waals surface area (Å²) >= 11 is 0. The Balaban J connectivity index is 1.46. The number of nitrogens with one attached hydrogen (secondary N) is 2. The largest absolute Gasteiger partial charge is 0.493 e. The van der Waals surface area contributed by atoms with E-state index in [0.29, 0.717) is 23.5 Å². The Morgan fingerprint density at radius 1 is 1.02 bits per heavy atom. The standard InChI is InChI=1S/C32H33N3O6S/c1-5-22(25-7-6-8-28(19-25)42(38,39)35-26-13-11-24(12-14-26)32(36)37)9-10-23-17-18-33-31(23)21(2)34-27-15-16-29(40-3)30(20-27)41-4/h5-9,11-21,23,34-35H,1,10H2,2-4H3,(H,36,37)/b22-9+. The molecule has 42 heavy (non-hydrogen) atoms. The molecule has 0 spiro atoms. The molecule has 0 radical (unpaired) electrons. The van der Waals surface area contributed by atoms with E-state index in [9.17, 15) is 13.2 Å². The molecule has 4 rings (SSSR count). The second-order valence-corrected chi connectivity index (χ2v) is 11.2. The fourth-order valence-corrected chi connectivity index (χ4v) is 5.72. The average molecular weight is 588 g/mol. The lowest BCUT2D eigenvalue weighted by molar-refractivity contribution is 0.0697. The maximum absolute atomic E-state index is 13.1. The average Bonchev–Trinajstić information content (AvgIpc) is 3.46. The Kier molecular flexibility index (Phi) is 9.49. The SMILES string of the molecule is C=C/C(=C\CC1C=CN=C1C(C)Nc1ccc(OC)c(OC)c1)c1cccc(S(=O)(=O)Nc2ccc(C(=O)O)cc2)c1. The van der Waals surface area contributed by atoms with E-state index >= 15 is 0 Å². The van der Waals surface area contributed by atoms with E-state index in [1.54, 1.807) is 38.6 Å². The Morgan fingerprint density at radius 3 is 2.40 bits per heavy atom. The minimum Gasteiger partial charge on any atom is -0.493 e. The molecular formula is C32H33N3O6S. The van der Waals surface area contributed by atoms with Crippen molar-refractivity contribution in [2.45, 2.75) is 24.3 Å². The molecule has 10 heteroatoms. The molecule has 1 heterocycles. The van der Waals surface area contributed by atoms with Gasteiger partial charge in [0.2, 0.25) is 0 Å². The van der Waals surface area contributed by atoms with Gasteiger partial charge in [0.15, 0.2) is 11.5 Å². The van der Waals surface area contributed by atoms with Crippen molar-refractivity contribution in [2.24, 2.45) is 10.9 Å². The van der Waals surface area contributed by atoms with Crippen molar-refractivity contribution in [1.29, 1.82) is 0 Å². The van der Waals surface area contributed by atoms with E-state index in [1.165, 1.54) is 30.3 Å². The molecule has 0 fully saturated rings. The highest BCUT2D eigenvalue weighted by atomic mass is 32.2. The number of anilines is 2. The van der Waals surface area contributed by atoms with Gasteiger partial charge in [-0.1, -0.05) is 36.9 Å². The molecule has 2 unspecified atom stereocenters. The zero-order valence-electron chi connectivity index (χ0n) is 23.6. The third-order valence-electron chi connectivity index (χ3n) is 6.81. The quantitative estimate of drug-likeness (QED) is 0.202. The minimum atomic E-state index is -3.91. The first kappa shape index (κ1) is 30.1. The molecule has 1 aliphatic rings. The number of carboxylic acids is 1. The van der Waals surface area contributed by atoms with E-state index in [-0.39, 0.29) is 28.1 Å². The molecule has 2 atom stereocenters. The van der Waals surface area contributed by atoms with Crippen LogP contribution in [0.25, 0.3) is 5.57 Å². The summed E-state index contributed by atoms with van der Waals surface area (Å²) in [5.74, 6) is 0.241. The molecule has 0 aliphatic carbocycles. The van der Waals surface area contributed by atoms with E-state index in [4.69, 9.17) is 14.6 Å². The summed E-state index contributed by atoms with van der Waals surface area (Å²) in [4.78, 5) is 15.8. The smallest absolute Gasteiger partial charge is 0.335 e. The second kappa shape index (κ2) is 13.2. The van der Waals surface area contributed by atoms with Crippen LogP contribution in [0.15, 0.2) is 108 Å². The zero-order chi connectivity index (χ0) is 30.3. The van der Waals surface area contributed by atoms with Crippen molar-refractivity contribution in [2.75, 3.05) is 24.3 Å². The lowest BCUT2D eigenvalue weighted by Gasteiger charge is -2.21.